The summed E-state index contributed by atoms with van der Waals surface area (Å²) in [6.45, 7) is 0. The quantitative estimate of drug-likeness (QED) is 0.141. The minimum Gasteiger partial charge on any atom is -0.0616 e. The van der Waals surface area contributed by atoms with Crippen molar-refractivity contribution >= 4 is 64.6 Å². The van der Waals surface area contributed by atoms with Gasteiger partial charge < -0.3 is 0 Å². The monoisotopic (exact) mass is 508 g/mol. The van der Waals surface area contributed by atoms with E-state index < -0.39 is 0 Å². The SMILES string of the molecule is c1cc2cccc3c4cccc5cccc(c(c1)c23)c54.c1ccc2ccccc2c1.c1ccc2ccccc2c1. The van der Waals surface area contributed by atoms with Crippen molar-refractivity contribution in [1.82, 2.24) is 0 Å². The molecule has 0 amide bonds. The van der Waals surface area contributed by atoms with Gasteiger partial charge in [0.2, 0.25) is 0 Å². The molecule has 0 bridgehead atoms. The van der Waals surface area contributed by atoms with Gasteiger partial charge in [0, 0.05) is 0 Å². The molecule has 0 aliphatic heterocycles. The number of hydrogen-bond donors (Lipinski definition) is 0. The van der Waals surface area contributed by atoms with Gasteiger partial charge in [0.15, 0.2) is 0 Å². The van der Waals surface area contributed by atoms with Crippen LogP contribution in [-0.2, 0) is 0 Å². The zero-order chi connectivity index (χ0) is 26.7. The van der Waals surface area contributed by atoms with Crippen molar-refractivity contribution < 1.29 is 0 Å². The van der Waals surface area contributed by atoms with Crippen LogP contribution >= 0.6 is 0 Å². The van der Waals surface area contributed by atoms with Crippen LogP contribution in [0.2, 0.25) is 0 Å². The van der Waals surface area contributed by atoms with Crippen LogP contribution in [0.5, 0.6) is 0 Å². The van der Waals surface area contributed by atoms with Crippen molar-refractivity contribution in [3.8, 4) is 0 Å². The van der Waals surface area contributed by atoms with Crippen molar-refractivity contribution in [2.45, 2.75) is 0 Å². The summed E-state index contributed by atoms with van der Waals surface area (Å²) in [6.07, 6.45) is 0. The second kappa shape index (κ2) is 10.5. The van der Waals surface area contributed by atoms with E-state index >= 15 is 0 Å². The maximum atomic E-state index is 2.25. The van der Waals surface area contributed by atoms with E-state index in [2.05, 4.69) is 170 Å². The Hall–Kier alpha value is -5.20. The fourth-order valence-corrected chi connectivity index (χ4v) is 5.85. The first kappa shape index (κ1) is 23.9. The highest BCUT2D eigenvalue weighted by Gasteiger charge is 2.11. The zero-order valence-corrected chi connectivity index (χ0v) is 22.2. The molecule has 0 atom stereocenters. The Kier molecular flexibility index (Phi) is 6.28. The lowest BCUT2D eigenvalue weighted by atomic mass is 9.90. The van der Waals surface area contributed by atoms with Gasteiger partial charge in [-0.25, -0.2) is 0 Å². The highest BCUT2D eigenvalue weighted by Crippen LogP contribution is 2.39. The Labute approximate surface area is 234 Å². The molecule has 0 aromatic heterocycles. The van der Waals surface area contributed by atoms with Gasteiger partial charge in [0.1, 0.15) is 0 Å². The van der Waals surface area contributed by atoms with E-state index in [0.29, 0.717) is 0 Å². The second-order valence-corrected chi connectivity index (χ2v) is 10.1. The summed E-state index contributed by atoms with van der Waals surface area (Å²) in [4.78, 5) is 0. The molecule has 9 aromatic carbocycles. The van der Waals surface area contributed by atoms with Crippen LogP contribution in [0.15, 0.2) is 170 Å². The lowest BCUT2D eigenvalue weighted by Crippen LogP contribution is -1.85. The fraction of sp³-hybridized carbons (Fsp3) is 0. The topological polar surface area (TPSA) is 0 Å². The summed E-state index contributed by atoms with van der Waals surface area (Å²) in [6, 6.07) is 59.9. The van der Waals surface area contributed by atoms with Crippen LogP contribution in [-0.4, -0.2) is 0 Å². The van der Waals surface area contributed by atoms with Gasteiger partial charge in [-0.3, -0.25) is 0 Å². The predicted molar refractivity (Wildman–Crippen MR) is 176 cm³/mol. The summed E-state index contributed by atoms with van der Waals surface area (Å²) in [5, 5.41) is 16.1. The Morgan fingerprint density at radius 1 is 0.175 bits per heavy atom. The molecule has 40 heavy (non-hydrogen) atoms. The molecule has 0 N–H and O–H groups in total. The van der Waals surface area contributed by atoms with E-state index in [1.54, 1.807) is 0 Å². The van der Waals surface area contributed by atoms with Gasteiger partial charge in [0.05, 0.1) is 0 Å². The average Bonchev–Trinajstić information content (AvgIpc) is 3.04. The molecule has 9 aromatic rings. The number of fused-ring (bicyclic) bond motifs is 4. The van der Waals surface area contributed by atoms with Gasteiger partial charge in [-0.15, -0.1) is 0 Å². The second-order valence-electron chi connectivity index (χ2n) is 10.1. The third-order valence-corrected chi connectivity index (χ3v) is 7.71. The Bertz CT molecular complexity index is 1850. The normalized spacial score (nSPS) is 11.0. The number of hydrogen-bond acceptors (Lipinski definition) is 0. The summed E-state index contributed by atoms with van der Waals surface area (Å²) in [5.41, 5.74) is 0. The molecule has 0 radical (unpaired) electrons. The highest BCUT2D eigenvalue weighted by molar-refractivity contribution is 6.32. The van der Waals surface area contributed by atoms with E-state index in [4.69, 9.17) is 0 Å². The van der Waals surface area contributed by atoms with Gasteiger partial charge in [-0.2, -0.15) is 0 Å². The molecule has 188 valence electrons. The molecule has 9 rings (SSSR count). The van der Waals surface area contributed by atoms with Crippen LogP contribution < -0.4 is 0 Å². The molecule has 0 unspecified atom stereocenters. The van der Waals surface area contributed by atoms with Crippen LogP contribution in [0, 0.1) is 0 Å². The Balaban J connectivity index is 0.000000111. The van der Waals surface area contributed by atoms with E-state index in [1.165, 1.54) is 64.6 Å². The minimum absolute atomic E-state index is 1.31. The van der Waals surface area contributed by atoms with Crippen molar-refractivity contribution in [1.29, 1.82) is 0 Å². The van der Waals surface area contributed by atoms with Crippen molar-refractivity contribution in [2.24, 2.45) is 0 Å². The van der Waals surface area contributed by atoms with E-state index in [9.17, 15) is 0 Å². The first-order valence-corrected chi connectivity index (χ1v) is 13.8. The lowest BCUT2D eigenvalue weighted by Gasteiger charge is -2.13. The van der Waals surface area contributed by atoms with Crippen LogP contribution in [0.25, 0.3) is 64.6 Å². The van der Waals surface area contributed by atoms with Gasteiger partial charge in [-0.1, -0.05) is 170 Å². The van der Waals surface area contributed by atoms with Crippen molar-refractivity contribution in [3.05, 3.63) is 170 Å². The molecule has 0 aliphatic carbocycles. The van der Waals surface area contributed by atoms with E-state index in [1.807, 2.05) is 0 Å². The molecule has 0 heterocycles. The predicted octanol–water partition coefficient (Wildman–Crippen LogP) is 11.4. The zero-order valence-electron chi connectivity index (χ0n) is 22.2. The number of rotatable bonds is 0. The smallest absolute Gasteiger partial charge is 0.00264 e. The fourth-order valence-electron chi connectivity index (χ4n) is 5.85. The molecule has 0 heteroatoms. The molecule has 0 fully saturated rings. The largest absolute Gasteiger partial charge is 0.0616 e. The van der Waals surface area contributed by atoms with Crippen LogP contribution in [0.4, 0.5) is 0 Å². The van der Waals surface area contributed by atoms with Crippen LogP contribution in [0.3, 0.4) is 0 Å². The molecular formula is C40H28. The van der Waals surface area contributed by atoms with Gasteiger partial charge in [-0.05, 0) is 64.6 Å². The van der Waals surface area contributed by atoms with Gasteiger partial charge in [0.25, 0.3) is 0 Å². The molecule has 0 nitrogen and oxygen atoms in total. The third-order valence-electron chi connectivity index (χ3n) is 7.71. The minimum atomic E-state index is 1.31. The molecule has 0 spiro atoms. The third kappa shape index (κ3) is 4.40. The summed E-state index contributed by atoms with van der Waals surface area (Å²) >= 11 is 0. The first-order chi connectivity index (χ1) is 19.9. The molecule has 0 aliphatic rings. The summed E-state index contributed by atoms with van der Waals surface area (Å²) in [5.74, 6) is 0. The Morgan fingerprint density at radius 2 is 0.375 bits per heavy atom. The summed E-state index contributed by atoms with van der Waals surface area (Å²) in [7, 11) is 0. The maximum Gasteiger partial charge on any atom is -0.00264 e. The maximum absolute atomic E-state index is 2.25. The first-order valence-electron chi connectivity index (χ1n) is 13.8. The Morgan fingerprint density at radius 3 is 0.600 bits per heavy atom. The molecule has 0 saturated carbocycles. The highest BCUT2D eigenvalue weighted by atomic mass is 14.1. The lowest BCUT2D eigenvalue weighted by molar-refractivity contribution is 1.75. The molecule has 0 saturated heterocycles. The van der Waals surface area contributed by atoms with Crippen LogP contribution in [0.1, 0.15) is 0 Å². The molecular weight excluding hydrogens is 480 g/mol. The van der Waals surface area contributed by atoms with Crippen molar-refractivity contribution in [3.63, 3.8) is 0 Å². The van der Waals surface area contributed by atoms with E-state index in [0.717, 1.165) is 0 Å². The summed E-state index contributed by atoms with van der Waals surface area (Å²) < 4.78 is 0. The average molecular weight is 509 g/mol. The van der Waals surface area contributed by atoms with Crippen molar-refractivity contribution in [2.75, 3.05) is 0 Å². The standard InChI is InChI=1S/C20H12.2C10H8/c1-5-13-6-2-11-17-18-12-4-8-14-7-3-10-16(20(14)18)15(9-1)19(13)17;2*1-2-6-10-8-4-3-7-9(10)5-1/h1-12H;2*1-8H. The van der Waals surface area contributed by atoms with Gasteiger partial charge >= 0.3 is 0 Å². The van der Waals surface area contributed by atoms with E-state index in [-0.39, 0.29) is 0 Å². The number of benzene rings is 9.